The van der Waals surface area contributed by atoms with Crippen LogP contribution in [0.2, 0.25) is 0 Å². The van der Waals surface area contributed by atoms with Gasteiger partial charge in [-0.15, -0.1) is 11.3 Å². The van der Waals surface area contributed by atoms with E-state index >= 15 is 0 Å². The molecule has 0 N–H and O–H groups in total. The lowest BCUT2D eigenvalue weighted by Crippen LogP contribution is -2.21. The molecule has 130 valence electrons. The second-order valence-corrected chi connectivity index (χ2v) is 10.2. The number of hydrogen-bond donors (Lipinski definition) is 0. The van der Waals surface area contributed by atoms with Gasteiger partial charge in [-0.05, 0) is 53.9 Å². The van der Waals surface area contributed by atoms with Crippen molar-refractivity contribution in [1.29, 1.82) is 0 Å². The number of thiazole rings is 1. The molecule has 1 aromatic heterocycles. The number of benzene rings is 1. The molecule has 1 aliphatic carbocycles. The van der Waals surface area contributed by atoms with Gasteiger partial charge in [-0.1, -0.05) is 59.7 Å². The van der Waals surface area contributed by atoms with Crippen LogP contribution in [0.15, 0.2) is 24.3 Å². The highest BCUT2D eigenvalue weighted by Gasteiger charge is 2.33. The molecule has 0 saturated carbocycles. The second-order valence-electron chi connectivity index (χ2n) is 8.55. The average molecular weight is 360 g/mol. The molecular formula is C21H29NS2. The van der Waals surface area contributed by atoms with Gasteiger partial charge >= 0.3 is 0 Å². The molecule has 0 amide bonds. The van der Waals surface area contributed by atoms with Crippen molar-refractivity contribution in [3.8, 4) is 5.69 Å². The summed E-state index contributed by atoms with van der Waals surface area (Å²) in [5.74, 6) is 1.88. The molecule has 2 aromatic rings. The van der Waals surface area contributed by atoms with Crippen molar-refractivity contribution in [3.05, 3.63) is 44.4 Å². The number of para-hydroxylation sites is 1. The zero-order valence-corrected chi connectivity index (χ0v) is 17.4. The summed E-state index contributed by atoms with van der Waals surface area (Å²) < 4.78 is 3.42. The van der Waals surface area contributed by atoms with E-state index in [2.05, 4.69) is 70.4 Å². The van der Waals surface area contributed by atoms with Crippen LogP contribution in [0.5, 0.6) is 0 Å². The number of fused-ring (bicyclic) bond motifs is 1. The number of aromatic nitrogens is 1. The fourth-order valence-electron chi connectivity index (χ4n) is 3.98. The van der Waals surface area contributed by atoms with E-state index in [1.165, 1.54) is 34.7 Å². The average Bonchev–Trinajstić information content (AvgIpc) is 2.84. The van der Waals surface area contributed by atoms with Gasteiger partial charge in [-0.3, -0.25) is 4.57 Å². The highest BCUT2D eigenvalue weighted by Crippen LogP contribution is 2.47. The van der Waals surface area contributed by atoms with Gasteiger partial charge in [0.05, 0.1) is 5.69 Å². The van der Waals surface area contributed by atoms with Crippen molar-refractivity contribution in [3.63, 3.8) is 0 Å². The highest BCUT2D eigenvalue weighted by molar-refractivity contribution is 7.73. The summed E-state index contributed by atoms with van der Waals surface area (Å²) in [5, 5.41) is 0. The third-order valence-electron chi connectivity index (χ3n) is 5.34. The Kier molecular flexibility index (Phi) is 4.78. The first-order chi connectivity index (χ1) is 11.2. The summed E-state index contributed by atoms with van der Waals surface area (Å²) in [6.45, 7) is 13.9. The molecule has 0 aliphatic heterocycles. The Morgan fingerprint density at radius 3 is 2.46 bits per heavy atom. The molecule has 0 spiro atoms. The zero-order chi connectivity index (χ0) is 17.6. The summed E-state index contributed by atoms with van der Waals surface area (Å²) >= 11 is 7.70. The quantitative estimate of drug-likeness (QED) is 0.513. The molecule has 0 saturated heterocycles. The first kappa shape index (κ1) is 17.9. The summed E-state index contributed by atoms with van der Waals surface area (Å²) in [7, 11) is 0. The fourth-order valence-corrected chi connectivity index (χ4v) is 5.59. The van der Waals surface area contributed by atoms with Crippen molar-refractivity contribution in [1.82, 2.24) is 4.57 Å². The lowest BCUT2D eigenvalue weighted by Gasteiger charge is -2.32. The molecule has 1 nitrogen and oxygen atoms in total. The van der Waals surface area contributed by atoms with E-state index in [9.17, 15) is 0 Å². The van der Waals surface area contributed by atoms with Crippen LogP contribution in [0.4, 0.5) is 0 Å². The van der Waals surface area contributed by atoms with Crippen LogP contribution in [-0.2, 0) is 5.41 Å². The van der Waals surface area contributed by atoms with Crippen LogP contribution in [0.25, 0.3) is 5.69 Å². The molecule has 1 aliphatic rings. The van der Waals surface area contributed by atoms with Crippen LogP contribution < -0.4 is 0 Å². The molecule has 3 heteroatoms. The molecule has 0 unspecified atom stereocenters. The normalized spacial score (nSPS) is 21.1. The van der Waals surface area contributed by atoms with Crippen molar-refractivity contribution < 1.29 is 0 Å². The second kappa shape index (κ2) is 6.42. The van der Waals surface area contributed by atoms with Crippen LogP contribution in [0.3, 0.4) is 0 Å². The van der Waals surface area contributed by atoms with Crippen molar-refractivity contribution in [2.75, 3.05) is 0 Å². The van der Waals surface area contributed by atoms with Crippen LogP contribution in [0, 0.1) is 9.87 Å². The maximum absolute atomic E-state index is 5.86. The van der Waals surface area contributed by atoms with Gasteiger partial charge < -0.3 is 0 Å². The van der Waals surface area contributed by atoms with Gasteiger partial charge in [-0.25, -0.2) is 0 Å². The van der Waals surface area contributed by atoms with E-state index in [1.54, 1.807) is 0 Å². The van der Waals surface area contributed by atoms with Crippen molar-refractivity contribution in [2.24, 2.45) is 5.92 Å². The van der Waals surface area contributed by atoms with Gasteiger partial charge in [0.15, 0.2) is 3.95 Å². The number of rotatable bonds is 2. The van der Waals surface area contributed by atoms with Crippen molar-refractivity contribution in [2.45, 2.75) is 71.6 Å². The van der Waals surface area contributed by atoms with Crippen LogP contribution in [0.1, 0.15) is 82.4 Å². The van der Waals surface area contributed by atoms with Crippen LogP contribution in [-0.4, -0.2) is 4.57 Å². The minimum Gasteiger partial charge on any atom is -0.295 e. The van der Waals surface area contributed by atoms with Crippen LogP contribution >= 0.6 is 23.6 Å². The van der Waals surface area contributed by atoms with E-state index in [1.807, 2.05) is 11.3 Å². The predicted molar refractivity (Wildman–Crippen MR) is 108 cm³/mol. The minimum atomic E-state index is 0.105. The monoisotopic (exact) mass is 359 g/mol. The van der Waals surface area contributed by atoms with E-state index in [0.29, 0.717) is 17.8 Å². The van der Waals surface area contributed by atoms with Gasteiger partial charge in [0.2, 0.25) is 0 Å². The SMILES string of the molecule is CC(C)[C@@H]1CC[C@@H](C)c2sc(=S)n(-c3ccccc3C(C)(C)C)c21. The molecule has 0 radical (unpaired) electrons. The zero-order valence-electron chi connectivity index (χ0n) is 15.7. The molecule has 0 bridgehead atoms. The van der Waals surface area contributed by atoms with Gasteiger partial charge in [0, 0.05) is 16.5 Å². The Hall–Kier alpha value is -0.930. The summed E-state index contributed by atoms with van der Waals surface area (Å²) in [4.78, 5) is 1.52. The van der Waals surface area contributed by atoms with E-state index in [-0.39, 0.29) is 5.41 Å². The van der Waals surface area contributed by atoms with Crippen molar-refractivity contribution >= 4 is 23.6 Å². The Morgan fingerprint density at radius 1 is 1.17 bits per heavy atom. The lowest BCUT2D eigenvalue weighted by atomic mass is 9.78. The maximum Gasteiger partial charge on any atom is 0.166 e. The third-order valence-corrected chi connectivity index (χ3v) is 6.96. The third kappa shape index (κ3) is 3.01. The Labute approximate surface area is 155 Å². The Morgan fingerprint density at radius 2 is 1.83 bits per heavy atom. The molecule has 24 heavy (non-hydrogen) atoms. The van der Waals surface area contributed by atoms with E-state index < -0.39 is 0 Å². The molecular weight excluding hydrogens is 330 g/mol. The molecule has 3 rings (SSSR count). The standard InChI is InChI=1S/C21H29NS2/c1-13(2)15-12-11-14(3)19-18(15)22(20(23)24-19)17-10-8-7-9-16(17)21(4,5)6/h7-10,13-15H,11-12H2,1-6H3/t14-,15+/m1/s1. The van der Waals surface area contributed by atoms with E-state index in [0.717, 1.165) is 3.95 Å². The fraction of sp³-hybridized carbons (Fsp3) is 0.571. The van der Waals surface area contributed by atoms with E-state index in [4.69, 9.17) is 12.2 Å². The van der Waals surface area contributed by atoms with Gasteiger partial charge in [-0.2, -0.15) is 0 Å². The molecule has 1 heterocycles. The lowest BCUT2D eigenvalue weighted by molar-refractivity contribution is 0.399. The molecule has 0 fully saturated rings. The topological polar surface area (TPSA) is 4.93 Å². The highest BCUT2D eigenvalue weighted by atomic mass is 32.1. The molecule has 1 aromatic carbocycles. The van der Waals surface area contributed by atoms with Gasteiger partial charge in [0.1, 0.15) is 0 Å². The number of hydrogen-bond acceptors (Lipinski definition) is 2. The predicted octanol–water partition coefficient (Wildman–Crippen LogP) is 7.20. The molecule has 2 atom stereocenters. The largest absolute Gasteiger partial charge is 0.295 e. The first-order valence-electron chi connectivity index (χ1n) is 9.07. The minimum absolute atomic E-state index is 0.105. The Bertz CT molecular complexity index is 789. The summed E-state index contributed by atoms with van der Waals surface area (Å²) in [6.07, 6.45) is 2.56. The van der Waals surface area contributed by atoms with Gasteiger partial charge in [0.25, 0.3) is 0 Å². The Balaban J connectivity index is 2.31. The maximum atomic E-state index is 5.86. The smallest absolute Gasteiger partial charge is 0.166 e. The number of nitrogens with zero attached hydrogens (tertiary/aromatic N) is 1. The summed E-state index contributed by atoms with van der Waals surface area (Å²) in [6, 6.07) is 8.81. The summed E-state index contributed by atoms with van der Waals surface area (Å²) in [5.41, 5.74) is 4.26. The first-order valence-corrected chi connectivity index (χ1v) is 10.3.